The van der Waals surface area contributed by atoms with E-state index < -0.39 is 0 Å². The number of halogens is 1. The molecule has 2 aromatic carbocycles. The molecule has 0 bridgehead atoms. The largest absolute Gasteiger partial charge is 0.310 e. The molecule has 0 spiro atoms. The number of likely N-dealkylation sites (tertiary alicyclic amines) is 1. The van der Waals surface area contributed by atoms with Crippen LogP contribution in [0.2, 0.25) is 0 Å². The third-order valence-electron chi connectivity index (χ3n) is 5.25. The van der Waals surface area contributed by atoms with E-state index >= 15 is 0 Å². The quantitative estimate of drug-likeness (QED) is 0.757. The van der Waals surface area contributed by atoms with Gasteiger partial charge in [-0.3, -0.25) is 4.79 Å². The highest BCUT2D eigenvalue weighted by atomic mass is 19.1. The lowest BCUT2D eigenvalue weighted by Crippen LogP contribution is -2.25. The van der Waals surface area contributed by atoms with Crippen LogP contribution in [0.15, 0.2) is 48.7 Å². The number of nitrogens with one attached hydrogen (secondary N) is 1. The number of hydrogen-bond donors (Lipinski definition) is 1. The summed E-state index contributed by atoms with van der Waals surface area (Å²) in [7, 11) is 2.03. The second-order valence-electron chi connectivity index (χ2n) is 7.33. The Morgan fingerprint density at radius 3 is 2.81 bits per heavy atom. The number of anilines is 1. The second-order valence-corrected chi connectivity index (χ2v) is 7.33. The number of hydrogen-bond acceptors (Lipinski definition) is 3. The Kier molecular flexibility index (Phi) is 4.62. The van der Waals surface area contributed by atoms with Crippen LogP contribution in [0.1, 0.15) is 12.0 Å². The highest BCUT2D eigenvalue weighted by molar-refractivity contribution is 5.95. The molecule has 1 atom stereocenters. The van der Waals surface area contributed by atoms with Crippen molar-refractivity contribution in [1.82, 2.24) is 9.88 Å². The first-order valence-corrected chi connectivity index (χ1v) is 9.15. The topological polar surface area (TPSA) is 45.2 Å². The van der Waals surface area contributed by atoms with Crippen LogP contribution >= 0.6 is 0 Å². The first kappa shape index (κ1) is 17.6. The van der Waals surface area contributed by atoms with Gasteiger partial charge in [-0.15, -0.1) is 0 Å². The molecule has 1 fully saturated rings. The Labute approximate surface area is 158 Å². The summed E-state index contributed by atoms with van der Waals surface area (Å²) in [5, 5.41) is 4.87. The van der Waals surface area contributed by atoms with E-state index in [9.17, 15) is 9.18 Å². The maximum atomic E-state index is 13.6. The molecular formula is C22H22FN3O. The monoisotopic (exact) mass is 363 g/mol. The van der Waals surface area contributed by atoms with E-state index in [-0.39, 0.29) is 17.6 Å². The number of nitrogens with zero attached hydrogens (tertiary/aromatic N) is 2. The summed E-state index contributed by atoms with van der Waals surface area (Å²) >= 11 is 0. The average molecular weight is 363 g/mol. The molecule has 1 N–H and O–H groups in total. The van der Waals surface area contributed by atoms with Crippen molar-refractivity contribution < 1.29 is 9.18 Å². The number of aryl methyl sites for hydroxylation is 1. The Balaban J connectivity index is 1.59. The Bertz CT molecular complexity index is 1020. The standard InChI is InChI=1S/C22H22FN3O/c1-14-3-6-19(23)11-20(14)16-5-4-15-10-21(24-12-18(15)9-16)25-22(27)17-7-8-26(2)13-17/h3-6,9-12,17H,7-8,13H2,1-2H3,(H,24,25,27). The zero-order chi connectivity index (χ0) is 19.0. The predicted molar refractivity (Wildman–Crippen MR) is 106 cm³/mol. The summed E-state index contributed by atoms with van der Waals surface area (Å²) in [5.74, 6) is 0.366. The lowest BCUT2D eigenvalue weighted by Gasteiger charge is -2.12. The molecule has 0 saturated carbocycles. The summed E-state index contributed by atoms with van der Waals surface area (Å²) in [6, 6.07) is 12.6. The molecule has 1 unspecified atom stereocenters. The number of fused-ring (bicyclic) bond motifs is 1. The molecule has 0 aliphatic carbocycles. The molecular weight excluding hydrogens is 341 g/mol. The van der Waals surface area contributed by atoms with Crippen LogP contribution in [0, 0.1) is 18.7 Å². The van der Waals surface area contributed by atoms with Crippen LogP contribution in [0.25, 0.3) is 21.9 Å². The number of carbonyl (C=O) groups is 1. The number of pyridine rings is 1. The first-order chi connectivity index (χ1) is 13.0. The molecule has 2 heterocycles. The van der Waals surface area contributed by atoms with Crippen molar-refractivity contribution >= 4 is 22.5 Å². The Hall–Kier alpha value is -2.79. The number of carbonyl (C=O) groups excluding carboxylic acids is 1. The van der Waals surface area contributed by atoms with Gasteiger partial charge in [0, 0.05) is 18.1 Å². The zero-order valence-electron chi connectivity index (χ0n) is 15.5. The van der Waals surface area contributed by atoms with E-state index in [1.54, 1.807) is 18.3 Å². The molecule has 138 valence electrons. The summed E-state index contributed by atoms with van der Waals surface area (Å²) in [6.45, 7) is 3.71. The van der Waals surface area contributed by atoms with Gasteiger partial charge in [-0.25, -0.2) is 9.37 Å². The van der Waals surface area contributed by atoms with E-state index in [1.165, 1.54) is 6.07 Å². The van der Waals surface area contributed by atoms with Crippen LogP contribution in [0.3, 0.4) is 0 Å². The summed E-state index contributed by atoms with van der Waals surface area (Å²) < 4.78 is 13.6. The maximum absolute atomic E-state index is 13.6. The van der Waals surface area contributed by atoms with Gasteiger partial charge < -0.3 is 10.2 Å². The third-order valence-corrected chi connectivity index (χ3v) is 5.25. The van der Waals surface area contributed by atoms with Crippen molar-refractivity contribution in [2.45, 2.75) is 13.3 Å². The lowest BCUT2D eigenvalue weighted by molar-refractivity contribution is -0.119. The van der Waals surface area contributed by atoms with E-state index in [0.29, 0.717) is 5.82 Å². The summed E-state index contributed by atoms with van der Waals surface area (Å²) in [6.07, 6.45) is 2.64. The molecule has 1 saturated heterocycles. The molecule has 0 radical (unpaired) electrons. The van der Waals surface area contributed by atoms with Gasteiger partial charge in [0.05, 0.1) is 5.92 Å². The summed E-state index contributed by atoms with van der Waals surface area (Å²) in [4.78, 5) is 18.9. The van der Waals surface area contributed by atoms with Crippen LogP contribution in [-0.2, 0) is 4.79 Å². The minimum atomic E-state index is -0.246. The fraction of sp³-hybridized carbons (Fsp3) is 0.273. The normalized spacial score (nSPS) is 17.4. The molecule has 4 rings (SSSR count). The van der Waals surface area contributed by atoms with E-state index in [4.69, 9.17) is 0 Å². The van der Waals surface area contributed by atoms with Crippen molar-refractivity contribution in [3.05, 3.63) is 60.0 Å². The number of aromatic nitrogens is 1. The Morgan fingerprint density at radius 2 is 2.04 bits per heavy atom. The molecule has 1 amide bonds. The van der Waals surface area contributed by atoms with Gasteiger partial charge in [0.2, 0.25) is 5.91 Å². The van der Waals surface area contributed by atoms with Gasteiger partial charge in [-0.2, -0.15) is 0 Å². The average Bonchev–Trinajstić information content (AvgIpc) is 3.10. The highest BCUT2D eigenvalue weighted by Gasteiger charge is 2.26. The maximum Gasteiger partial charge on any atom is 0.229 e. The van der Waals surface area contributed by atoms with Gasteiger partial charge in [0.25, 0.3) is 0 Å². The van der Waals surface area contributed by atoms with Crippen molar-refractivity contribution in [1.29, 1.82) is 0 Å². The van der Waals surface area contributed by atoms with Crippen molar-refractivity contribution in [3.63, 3.8) is 0 Å². The fourth-order valence-electron chi connectivity index (χ4n) is 3.66. The minimum Gasteiger partial charge on any atom is -0.310 e. The molecule has 5 heteroatoms. The van der Waals surface area contributed by atoms with Crippen LogP contribution in [0.5, 0.6) is 0 Å². The van der Waals surface area contributed by atoms with Crippen LogP contribution in [-0.4, -0.2) is 35.9 Å². The van der Waals surface area contributed by atoms with E-state index in [2.05, 4.69) is 15.2 Å². The fourth-order valence-corrected chi connectivity index (χ4v) is 3.66. The smallest absolute Gasteiger partial charge is 0.229 e. The van der Waals surface area contributed by atoms with Gasteiger partial charge >= 0.3 is 0 Å². The van der Waals surface area contributed by atoms with Gasteiger partial charge in [-0.05, 0) is 73.3 Å². The molecule has 3 aromatic rings. The lowest BCUT2D eigenvalue weighted by atomic mass is 9.98. The number of rotatable bonds is 3. The molecule has 1 aromatic heterocycles. The minimum absolute atomic E-state index is 0.0193. The van der Waals surface area contributed by atoms with Crippen molar-refractivity contribution in [2.75, 3.05) is 25.5 Å². The van der Waals surface area contributed by atoms with Crippen molar-refractivity contribution in [3.8, 4) is 11.1 Å². The zero-order valence-corrected chi connectivity index (χ0v) is 15.5. The second kappa shape index (κ2) is 7.08. The highest BCUT2D eigenvalue weighted by Crippen LogP contribution is 2.28. The van der Waals surface area contributed by atoms with E-state index in [1.807, 2.05) is 38.2 Å². The molecule has 1 aliphatic rings. The van der Waals surface area contributed by atoms with Crippen LogP contribution in [0.4, 0.5) is 10.2 Å². The molecule has 4 nitrogen and oxygen atoms in total. The number of amides is 1. The van der Waals surface area contributed by atoms with Gasteiger partial charge in [0.1, 0.15) is 11.6 Å². The molecule has 1 aliphatic heterocycles. The molecule has 27 heavy (non-hydrogen) atoms. The predicted octanol–water partition coefficient (Wildman–Crippen LogP) is 4.24. The van der Waals surface area contributed by atoms with Crippen LogP contribution < -0.4 is 5.32 Å². The first-order valence-electron chi connectivity index (χ1n) is 9.15. The third kappa shape index (κ3) is 3.69. The van der Waals surface area contributed by atoms with Gasteiger partial charge in [0.15, 0.2) is 0 Å². The SMILES string of the molecule is Cc1ccc(F)cc1-c1ccc2cc(NC(=O)C3CCN(C)C3)ncc2c1. The van der Waals surface area contributed by atoms with Gasteiger partial charge in [-0.1, -0.05) is 18.2 Å². The summed E-state index contributed by atoms with van der Waals surface area (Å²) in [5.41, 5.74) is 2.85. The van der Waals surface area contributed by atoms with E-state index in [0.717, 1.165) is 47.0 Å². The number of benzene rings is 2. The van der Waals surface area contributed by atoms with Crippen molar-refractivity contribution in [2.24, 2.45) is 5.92 Å². The Morgan fingerprint density at radius 1 is 1.19 bits per heavy atom.